The molecular weight excluding hydrogens is 400 g/mol. The fourth-order valence-corrected chi connectivity index (χ4v) is 4.28. The number of rotatable bonds is 7. The maximum atomic E-state index is 11.2. The molecule has 0 aliphatic carbocycles. The minimum absolute atomic E-state index is 0.0343. The van der Waals surface area contributed by atoms with Gasteiger partial charge >= 0.3 is 0 Å². The summed E-state index contributed by atoms with van der Waals surface area (Å²) in [6, 6.07) is 5.35. The van der Waals surface area contributed by atoms with Crippen LogP contribution in [0.3, 0.4) is 0 Å². The summed E-state index contributed by atoms with van der Waals surface area (Å²) in [5.74, 6) is 0.958. The van der Waals surface area contributed by atoms with Crippen molar-refractivity contribution in [1.82, 2.24) is 0 Å². The van der Waals surface area contributed by atoms with Crippen molar-refractivity contribution in [2.24, 2.45) is 0 Å². The molecule has 4 atom stereocenters. The molecule has 0 unspecified atom stereocenters. The van der Waals surface area contributed by atoms with E-state index in [1.54, 1.807) is 34.5 Å². The smallest absolute Gasteiger partial charge is 0.149 e. The zero-order chi connectivity index (χ0) is 21.1. The first-order valence-electron chi connectivity index (χ1n) is 9.26. The molecular formula is C21H27ClO7. The van der Waals surface area contributed by atoms with Gasteiger partial charge in [-0.1, -0.05) is 17.7 Å². The number of ether oxygens (including phenoxy) is 6. The fraction of sp³-hybridized carbons (Fsp3) is 0.524. The van der Waals surface area contributed by atoms with Gasteiger partial charge in [-0.3, -0.25) is 0 Å². The van der Waals surface area contributed by atoms with Crippen molar-refractivity contribution in [1.29, 1.82) is 0 Å². The number of phenols is 1. The summed E-state index contributed by atoms with van der Waals surface area (Å²) in [6.45, 7) is 0.339. The highest BCUT2D eigenvalue weighted by atomic mass is 35.5. The highest BCUT2D eigenvalue weighted by Crippen LogP contribution is 2.48. The third kappa shape index (κ3) is 3.98. The van der Waals surface area contributed by atoms with Gasteiger partial charge in [-0.25, -0.2) is 0 Å². The summed E-state index contributed by atoms with van der Waals surface area (Å²) in [5.41, 5.74) is 0.609. The SMILES string of the molecule is COC[C@H]1O[C@@H](c2ccc3c(OC)cc(Cl)c(OC)c3c2O)C[C@@H](OC)[C@@H]1OC. The Bertz CT molecular complexity index is 857. The van der Waals surface area contributed by atoms with Gasteiger partial charge in [0.1, 0.15) is 29.5 Å². The van der Waals surface area contributed by atoms with Crippen molar-refractivity contribution in [2.45, 2.75) is 30.8 Å². The summed E-state index contributed by atoms with van der Waals surface area (Å²) in [6.07, 6.45) is -0.758. The Hall–Kier alpha value is -1.77. The second-order valence-electron chi connectivity index (χ2n) is 6.85. The van der Waals surface area contributed by atoms with Gasteiger partial charge in [0.05, 0.1) is 43.4 Å². The lowest BCUT2D eigenvalue weighted by Gasteiger charge is -2.40. The van der Waals surface area contributed by atoms with Crippen molar-refractivity contribution < 1.29 is 33.5 Å². The Morgan fingerprint density at radius 2 is 1.86 bits per heavy atom. The van der Waals surface area contributed by atoms with Crippen molar-refractivity contribution >= 4 is 22.4 Å². The second kappa shape index (κ2) is 9.36. The summed E-state index contributed by atoms with van der Waals surface area (Å²) in [4.78, 5) is 0. The van der Waals surface area contributed by atoms with E-state index in [4.69, 9.17) is 40.0 Å². The normalized spacial score (nSPS) is 24.6. The summed E-state index contributed by atoms with van der Waals surface area (Å²) < 4.78 is 33.7. The number of aromatic hydroxyl groups is 1. The first-order chi connectivity index (χ1) is 14.0. The summed E-state index contributed by atoms with van der Waals surface area (Å²) in [7, 11) is 7.92. The maximum absolute atomic E-state index is 11.2. The molecule has 1 N–H and O–H groups in total. The lowest BCUT2D eigenvalue weighted by molar-refractivity contribution is -0.200. The van der Waals surface area contributed by atoms with Crippen molar-refractivity contribution in [3.8, 4) is 17.2 Å². The Morgan fingerprint density at radius 3 is 2.45 bits per heavy atom. The zero-order valence-electron chi connectivity index (χ0n) is 17.2. The van der Waals surface area contributed by atoms with Gasteiger partial charge < -0.3 is 33.5 Å². The van der Waals surface area contributed by atoms with Crippen LogP contribution in [0.2, 0.25) is 5.02 Å². The van der Waals surface area contributed by atoms with Crippen LogP contribution < -0.4 is 9.47 Å². The minimum Gasteiger partial charge on any atom is -0.507 e. The van der Waals surface area contributed by atoms with Gasteiger partial charge in [-0.05, 0) is 6.07 Å². The third-order valence-electron chi connectivity index (χ3n) is 5.37. The highest BCUT2D eigenvalue weighted by molar-refractivity contribution is 6.34. The quantitative estimate of drug-likeness (QED) is 0.723. The molecule has 0 radical (unpaired) electrons. The molecule has 0 spiro atoms. The van der Waals surface area contributed by atoms with Crippen molar-refractivity contribution in [3.05, 3.63) is 28.8 Å². The molecule has 0 aromatic heterocycles. The molecule has 0 amide bonds. The molecule has 1 aliphatic rings. The van der Waals surface area contributed by atoms with Crippen LogP contribution in [-0.2, 0) is 18.9 Å². The first kappa shape index (κ1) is 21.9. The number of fused-ring (bicyclic) bond motifs is 1. The molecule has 160 valence electrons. The molecule has 8 heteroatoms. The van der Waals surface area contributed by atoms with E-state index in [0.717, 1.165) is 0 Å². The molecule has 1 aliphatic heterocycles. The van der Waals surface area contributed by atoms with Crippen molar-refractivity contribution in [3.63, 3.8) is 0 Å². The molecule has 0 bridgehead atoms. The topological polar surface area (TPSA) is 75.6 Å². The average molecular weight is 427 g/mol. The van der Waals surface area contributed by atoms with Crippen LogP contribution in [0.5, 0.6) is 17.2 Å². The number of methoxy groups -OCH3 is 5. The van der Waals surface area contributed by atoms with E-state index in [0.29, 0.717) is 45.9 Å². The molecule has 2 aromatic carbocycles. The molecule has 0 saturated carbocycles. The predicted octanol–water partition coefficient (Wildman–Crippen LogP) is 3.72. The highest BCUT2D eigenvalue weighted by Gasteiger charge is 2.41. The number of phenolic OH excluding ortho intramolecular Hbond substituents is 1. The van der Waals surface area contributed by atoms with Gasteiger partial charge in [-0.15, -0.1) is 0 Å². The minimum atomic E-state index is -0.425. The lowest BCUT2D eigenvalue weighted by Crippen LogP contribution is -2.49. The summed E-state index contributed by atoms with van der Waals surface area (Å²) in [5, 5.41) is 12.7. The number of hydrogen-bond acceptors (Lipinski definition) is 7. The van der Waals surface area contributed by atoms with E-state index in [1.807, 2.05) is 12.1 Å². The van der Waals surface area contributed by atoms with Crippen LogP contribution in [0.1, 0.15) is 18.1 Å². The van der Waals surface area contributed by atoms with Gasteiger partial charge in [-0.2, -0.15) is 0 Å². The van der Waals surface area contributed by atoms with E-state index in [9.17, 15) is 5.11 Å². The van der Waals surface area contributed by atoms with Crippen molar-refractivity contribution in [2.75, 3.05) is 42.2 Å². The van der Waals surface area contributed by atoms with Gasteiger partial charge in [0.25, 0.3) is 0 Å². The van der Waals surface area contributed by atoms with E-state index in [-0.39, 0.29) is 24.1 Å². The lowest BCUT2D eigenvalue weighted by atomic mass is 9.91. The largest absolute Gasteiger partial charge is 0.507 e. The Labute approximate surface area is 175 Å². The average Bonchev–Trinajstić information content (AvgIpc) is 2.73. The van der Waals surface area contributed by atoms with E-state index >= 15 is 0 Å². The predicted molar refractivity (Wildman–Crippen MR) is 109 cm³/mol. The van der Waals surface area contributed by atoms with Gasteiger partial charge in [0.15, 0.2) is 0 Å². The summed E-state index contributed by atoms with van der Waals surface area (Å²) >= 11 is 6.34. The van der Waals surface area contributed by atoms with Gasteiger partial charge in [0, 0.05) is 44.8 Å². The van der Waals surface area contributed by atoms with Crippen LogP contribution in [0.4, 0.5) is 0 Å². The van der Waals surface area contributed by atoms with E-state index in [2.05, 4.69) is 0 Å². The molecule has 2 aromatic rings. The maximum Gasteiger partial charge on any atom is 0.149 e. The zero-order valence-corrected chi connectivity index (χ0v) is 18.0. The van der Waals surface area contributed by atoms with Crippen LogP contribution in [-0.4, -0.2) is 65.6 Å². The molecule has 1 heterocycles. The van der Waals surface area contributed by atoms with Crippen LogP contribution in [0.15, 0.2) is 18.2 Å². The van der Waals surface area contributed by atoms with Crippen LogP contribution in [0.25, 0.3) is 10.8 Å². The van der Waals surface area contributed by atoms with Gasteiger partial charge in [0.2, 0.25) is 0 Å². The third-order valence-corrected chi connectivity index (χ3v) is 5.65. The van der Waals surface area contributed by atoms with Crippen LogP contribution >= 0.6 is 11.6 Å². The first-order valence-corrected chi connectivity index (χ1v) is 9.64. The number of halogens is 1. The second-order valence-corrected chi connectivity index (χ2v) is 7.26. The number of hydrogen-bond donors (Lipinski definition) is 1. The Balaban J connectivity index is 2.11. The Kier molecular flexibility index (Phi) is 7.08. The molecule has 29 heavy (non-hydrogen) atoms. The van der Waals surface area contributed by atoms with E-state index < -0.39 is 6.10 Å². The molecule has 7 nitrogen and oxygen atoms in total. The van der Waals surface area contributed by atoms with Crippen LogP contribution in [0, 0.1) is 0 Å². The van der Waals surface area contributed by atoms with E-state index in [1.165, 1.54) is 7.11 Å². The molecule has 1 fully saturated rings. The fourth-order valence-electron chi connectivity index (χ4n) is 4.01. The standard InChI is InChI=1S/C21H27ClO7/c1-24-10-17-21(28-5)16(26-3)9-15(29-17)12-7-6-11-14(25-2)8-13(22)20(27-4)18(11)19(12)23/h6-8,15-17,21,23H,9-10H2,1-5H3/t15-,16-,17-,21+/m1/s1. The monoisotopic (exact) mass is 426 g/mol. The molecule has 1 saturated heterocycles. The number of benzene rings is 2. The molecule has 3 rings (SSSR count). The Morgan fingerprint density at radius 1 is 1.10 bits per heavy atom.